The normalized spacial score (nSPS) is 19.2. The third-order valence-corrected chi connectivity index (χ3v) is 4.07. The standard InChI is InChI=1S/C16H24N2O3/c1-18-9-4-3-5-13(18)8-10-21-16(19)12-6-7-15(20-2)14(17)11-12/h6-7,11,13H,3-5,8-10,17H2,1-2H3. The minimum absolute atomic E-state index is 0.331. The molecule has 1 heterocycles. The van der Waals surface area contributed by atoms with Crippen molar-refractivity contribution in [3.8, 4) is 5.75 Å². The number of methoxy groups -OCH3 is 1. The molecule has 0 aliphatic carbocycles. The van der Waals surface area contributed by atoms with Crippen LogP contribution in [0.5, 0.6) is 5.75 Å². The summed E-state index contributed by atoms with van der Waals surface area (Å²) in [7, 11) is 3.68. The SMILES string of the molecule is COc1ccc(C(=O)OCCC2CCCCN2C)cc1N. The predicted molar refractivity (Wildman–Crippen MR) is 82.6 cm³/mol. The molecule has 5 heteroatoms. The van der Waals surface area contributed by atoms with Gasteiger partial charge in [0.1, 0.15) is 5.75 Å². The zero-order valence-electron chi connectivity index (χ0n) is 12.8. The number of nitrogens with two attached hydrogens (primary N) is 1. The minimum Gasteiger partial charge on any atom is -0.495 e. The lowest BCUT2D eigenvalue weighted by Crippen LogP contribution is -2.37. The van der Waals surface area contributed by atoms with Crippen LogP contribution >= 0.6 is 0 Å². The molecular weight excluding hydrogens is 268 g/mol. The number of likely N-dealkylation sites (tertiary alicyclic amines) is 1. The van der Waals surface area contributed by atoms with Gasteiger partial charge in [-0.3, -0.25) is 0 Å². The van der Waals surface area contributed by atoms with Gasteiger partial charge in [-0.15, -0.1) is 0 Å². The van der Waals surface area contributed by atoms with Gasteiger partial charge in [0.2, 0.25) is 0 Å². The van der Waals surface area contributed by atoms with Crippen molar-refractivity contribution in [2.24, 2.45) is 0 Å². The van der Waals surface area contributed by atoms with E-state index in [1.165, 1.54) is 19.3 Å². The van der Waals surface area contributed by atoms with Gasteiger partial charge in [-0.1, -0.05) is 6.42 Å². The first-order valence-corrected chi connectivity index (χ1v) is 7.42. The van der Waals surface area contributed by atoms with Crippen molar-refractivity contribution >= 4 is 11.7 Å². The summed E-state index contributed by atoms with van der Waals surface area (Å²) in [5.41, 5.74) is 6.70. The molecule has 1 aliphatic rings. The average molecular weight is 292 g/mol. The number of carbonyl (C=O) groups is 1. The van der Waals surface area contributed by atoms with E-state index in [-0.39, 0.29) is 5.97 Å². The summed E-state index contributed by atoms with van der Waals surface area (Å²) < 4.78 is 10.4. The van der Waals surface area contributed by atoms with Gasteiger partial charge in [0.25, 0.3) is 0 Å². The molecule has 116 valence electrons. The van der Waals surface area contributed by atoms with Gasteiger partial charge in [0, 0.05) is 6.04 Å². The molecule has 0 radical (unpaired) electrons. The molecule has 5 nitrogen and oxygen atoms in total. The van der Waals surface area contributed by atoms with Gasteiger partial charge in [0.05, 0.1) is 25.0 Å². The molecule has 1 aromatic carbocycles. The summed E-state index contributed by atoms with van der Waals surface area (Å²) in [6, 6.07) is 5.46. The Kier molecular flexibility index (Phi) is 5.44. The van der Waals surface area contributed by atoms with Crippen molar-refractivity contribution in [3.05, 3.63) is 23.8 Å². The predicted octanol–water partition coefficient (Wildman–Crippen LogP) is 2.31. The molecule has 1 fully saturated rings. The van der Waals surface area contributed by atoms with E-state index < -0.39 is 0 Å². The van der Waals surface area contributed by atoms with Crippen LogP contribution in [0.15, 0.2) is 18.2 Å². The second kappa shape index (κ2) is 7.31. The molecule has 1 atom stereocenters. The molecule has 1 aliphatic heterocycles. The molecule has 1 aromatic rings. The van der Waals surface area contributed by atoms with E-state index in [1.807, 2.05) is 0 Å². The Bertz CT molecular complexity index is 490. The van der Waals surface area contributed by atoms with Gasteiger partial charge in [-0.25, -0.2) is 4.79 Å². The maximum absolute atomic E-state index is 12.0. The van der Waals surface area contributed by atoms with E-state index in [1.54, 1.807) is 25.3 Å². The maximum atomic E-state index is 12.0. The fourth-order valence-electron chi connectivity index (χ4n) is 2.74. The molecule has 21 heavy (non-hydrogen) atoms. The number of hydrogen-bond acceptors (Lipinski definition) is 5. The van der Waals surface area contributed by atoms with Gasteiger partial charge < -0.3 is 20.1 Å². The number of nitrogen functional groups attached to an aromatic ring is 1. The number of rotatable bonds is 5. The fourth-order valence-corrected chi connectivity index (χ4v) is 2.74. The minimum atomic E-state index is -0.331. The number of ether oxygens (including phenoxy) is 2. The lowest BCUT2D eigenvalue weighted by Gasteiger charge is -2.32. The van der Waals surface area contributed by atoms with Crippen molar-refractivity contribution in [1.29, 1.82) is 0 Å². The van der Waals surface area contributed by atoms with Gasteiger partial charge in [-0.05, 0) is 51.1 Å². The van der Waals surface area contributed by atoms with E-state index in [9.17, 15) is 4.79 Å². The lowest BCUT2D eigenvalue weighted by molar-refractivity contribution is 0.0450. The van der Waals surface area contributed by atoms with Crippen LogP contribution in [0.25, 0.3) is 0 Å². The van der Waals surface area contributed by atoms with Crippen LogP contribution in [-0.2, 0) is 4.74 Å². The van der Waals surface area contributed by atoms with E-state index >= 15 is 0 Å². The fraction of sp³-hybridized carbons (Fsp3) is 0.562. The first kappa shape index (κ1) is 15.6. The van der Waals surface area contributed by atoms with Crippen molar-refractivity contribution in [2.45, 2.75) is 31.7 Å². The second-order valence-corrected chi connectivity index (χ2v) is 5.51. The topological polar surface area (TPSA) is 64.8 Å². The first-order valence-electron chi connectivity index (χ1n) is 7.42. The lowest BCUT2D eigenvalue weighted by atomic mass is 10.0. The molecular formula is C16H24N2O3. The molecule has 0 saturated carbocycles. The quantitative estimate of drug-likeness (QED) is 0.666. The van der Waals surface area contributed by atoms with Crippen LogP contribution < -0.4 is 10.5 Å². The number of benzene rings is 1. The first-order chi connectivity index (χ1) is 10.1. The second-order valence-electron chi connectivity index (χ2n) is 5.51. The van der Waals surface area contributed by atoms with Crippen LogP contribution in [0.4, 0.5) is 5.69 Å². The zero-order chi connectivity index (χ0) is 15.2. The van der Waals surface area contributed by atoms with E-state index in [0.717, 1.165) is 13.0 Å². The van der Waals surface area contributed by atoms with E-state index in [0.29, 0.717) is 29.6 Å². The average Bonchev–Trinajstić information content (AvgIpc) is 2.49. The third-order valence-electron chi connectivity index (χ3n) is 4.07. The largest absolute Gasteiger partial charge is 0.495 e. The monoisotopic (exact) mass is 292 g/mol. The highest BCUT2D eigenvalue weighted by Gasteiger charge is 2.19. The number of hydrogen-bond donors (Lipinski definition) is 1. The van der Waals surface area contributed by atoms with Crippen LogP contribution in [0.1, 0.15) is 36.0 Å². The molecule has 0 spiro atoms. The third kappa shape index (κ3) is 4.11. The number of piperidine rings is 1. The molecule has 2 rings (SSSR count). The molecule has 0 bridgehead atoms. The Labute approximate surface area is 126 Å². The zero-order valence-corrected chi connectivity index (χ0v) is 12.8. The Morgan fingerprint density at radius 2 is 2.24 bits per heavy atom. The Balaban J connectivity index is 1.83. The summed E-state index contributed by atoms with van der Waals surface area (Å²) in [5, 5.41) is 0. The highest BCUT2D eigenvalue weighted by Crippen LogP contribution is 2.22. The Morgan fingerprint density at radius 3 is 2.90 bits per heavy atom. The van der Waals surface area contributed by atoms with Crippen molar-refractivity contribution in [1.82, 2.24) is 4.90 Å². The van der Waals surface area contributed by atoms with E-state index in [2.05, 4.69) is 11.9 Å². The Morgan fingerprint density at radius 1 is 1.43 bits per heavy atom. The Hall–Kier alpha value is -1.75. The molecule has 1 saturated heterocycles. The number of esters is 1. The molecule has 2 N–H and O–H groups in total. The highest BCUT2D eigenvalue weighted by atomic mass is 16.5. The van der Waals surface area contributed by atoms with Crippen molar-refractivity contribution in [3.63, 3.8) is 0 Å². The summed E-state index contributed by atoms with van der Waals surface area (Å²) in [4.78, 5) is 14.3. The van der Waals surface area contributed by atoms with Crippen molar-refractivity contribution < 1.29 is 14.3 Å². The van der Waals surface area contributed by atoms with Crippen LogP contribution in [-0.4, -0.2) is 44.2 Å². The molecule has 0 amide bonds. The summed E-state index contributed by atoms with van der Waals surface area (Å²) in [5.74, 6) is 0.234. The summed E-state index contributed by atoms with van der Waals surface area (Å²) >= 11 is 0. The van der Waals surface area contributed by atoms with Gasteiger partial charge >= 0.3 is 5.97 Å². The maximum Gasteiger partial charge on any atom is 0.338 e. The highest BCUT2D eigenvalue weighted by molar-refractivity contribution is 5.91. The molecule has 0 aromatic heterocycles. The van der Waals surface area contributed by atoms with E-state index in [4.69, 9.17) is 15.2 Å². The van der Waals surface area contributed by atoms with Gasteiger partial charge in [-0.2, -0.15) is 0 Å². The summed E-state index contributed by atoms with van der Waals surface area (Å²) in [6.07, 6.45) is 4.59. The number of nitrogens with zero attached hydrogens (tertiary/aromatic N) is 1. The van der Waals surface area contributed by atoms with Crippen LogP contribution in [0, 0.1) is 0 Å². The summed E-state index contributed by atoms with van der Waals surface area (Å²) in [6.45, 7) is 1.58. The molecule has 1 unspecified atom stereocenters. The smallest absolute Gasteiger partial charge is 0.338 e. The van der Waals surface area contributed by atoms with Gasteiger partial charge in [0.15, 0.2) is 0 Å². The number of carbonyl (C=O) groups excluding carboxylic acids is 1. The van der Waals surface area contributed by atoms with Crippen LogP contribution in [0.3, 0.4) is 0 Å². The van der Waals surface area contributed by atoms with Crippen molar-refractivity contribution in [2.75, 3.05) is 33.0 Å². The van der Waals surface area contributed by atoms with Crippen LogP contribution in [0.2, 0.25) is 0 Å². The number of anilines is 1.